The molecule has 3 aliphatic rings. The second-order valence-electron chi connectivity index (χ2n) is 9.35. The van der Waals surface area contributed by atoms with Gasteiger partial charge >= 0.3 is 0 Å². The topological polar surface area (TPSA) is 20.2 Å². The fraction of sp³-hybridized carbons (Fsp3) is 0.321. The van der Waals surface area contributed by atoms with E-state index >= 15 is 0 Å². The van der Waals surface area contributed by atoms with Gasteiger partial charge in [0.15, 0.2) is 0 Å². The van der Waals surface area contributed by atoms with Crippen molar-refractivity contribution in [2.45, 2.75) is 50.4 Å². The Kier molecular flexibility index (Phi) is 6.27. The molecule has 0 aromatic heterocycles. The van der Waals surface area contributed by atoms with Gasteiger partial charge in [0.1, 0.15) is 5.60 Å². The fourth-order valence-corrected chi connectivity index (χ4v) is 5.85. The molecule has 6 rings (SSSR count). The van der Waals surface area contributed by atoms with E-state index in [9.17, 15) is 5.11 Å². The SMILES string of the molecule is [CH2-][N+]1(Cc2c[c-]c(C)cc2)C2CC(C(O)(c3ccccc3)c3ccccc3)CC1C2.[W]. The van der Waals surface area contributed by atoms with Crippen LogP contribution in [0.2, 0.25) is 0 Å². The maximum Gasteiger partial charge on any atom is 0.118 e. The number of hydrogen-bond acceptors (Lipinski definition) is 1. The molecular formula is C28H30NOW-. The molecule has 31 heavy (non-hydrogen) atoms. The van der Waals surface area contributed by atoms with E-state index in [4.69, 9.17) is 0 Å². The second kappa shape index (κ2) is 8.66. The van der Waals surface area contributed by atoms with Crippen molar-refractivity contribution in [3.05, 3.63) is 114 Å². The summed E-state index contributed by atoms with van der Waals surface area (Å²) in [4.78, 5) is 0. The number of aliphatic hydroxyl groups is 1. The molecule has 0 radical (unpaired) electrons. The van der Waals surface area contributed by atoms with E-state index in [1.807, 2.05) is 36.4 Å². The van der Waals surface area contributed by atoms with E-state index in [2.05, 4.69) is 62.5 Å². The Balaban J connectivity index is 0.00000231. The Morgan fingerprint density at radius 1 is 0.903 bits per heavy atom. The molecule has 2 heterocycles. The molecule has 3 fully saturated rings. The van der Waals surface area contributed by atoms with Crippen molar-refractivity contribution in [3.8, 4) is 0 Å². The fourth-order valence-electron chi connectivity index (χ4n) is 5.85. The van der Waals surface area contributed by atoms with Crippen molar-refractivity contribution >= 4 is 0 Å². The van der Waals surface area contributed by atoms with Crippen LogP contribution in [-0.2, 0) is 33.2 Å². The summed E-state index contributed by atoms with van der Waals surface area (Å²) in [5.41, 5.74) is 3.53. The van der Waals surface area contributed by atoms with E-state index in [1.54, 1.807) is 0 Å². The van der Waals surface area contributed by atoms with E-state index in [0.29, 0.717) is 12.1 Å². The molecule has 2 bridgehead atoms. The molecule has 160 valence electrons. The first-order chi connectivity index (χ1) is 14.5. The molecule has 2 unspecified atom stereocenters. The van der Waals surface area contributed by atoms with Crippen LogP contribution >= 0.6 is 0 Å². The third kappa shape index (κ3) is 3.84. The van der Waals surface area contributed by atoms with E-state index in [-0.39, 0.29) is 27.0 Å². The molecule has 2 atom stereocenters. The van der Waals surface area contributed by atoms with Gasteiger partial charge in [-0.05, 0) is 11.1 Å². The van der Waals surface area contributed by atoms with Crippen LogP contribution in [0.15, 0.2) is 78.9 Å². The molecule has 3 heteroatoms. The van der Waals surface area contributed by atoms with Crippen LogP contribution in [0.5, 0.6) is 0 Å². The molecule has 0 amide bonds. The number of piperidine rings is 1. The minimum Gasteiger partial charge on any atom is -0.457 e. The van der Waals surface area contributed by atoms with Crippen LogP contribution in [0, 0.1) is 26.0 Å². The summed E-state index contributed by atoms with van der Waals surface area (Å²) in [7, 11) is 4.68. The summed E-state index contributed by atoms with van der Waals surface area (Å²) in [6.45, 7) is 3.03. The molecule has 0 spiro atoms. The molecule has 1 aliphatic carbocycles. The second-order valence-corrected chi connectivity index (χ2v) is 9.35. The zero-order valence-corrected chi connectivity index (χ0v) is 21.0. The van der Waals surface area contributed by atoms with Crippen LogP contribution < -0.4 is 0 Å². The van der Waals surface area contributed by atoms with E-state index < -0.39 is 5.60 Å². The summed E-state index contributed by atoms with van der Waals surface area (Å²) in [5.74, 6) is 0.198. The van der Waals surface area contributed by atoms with Gasteiger partial charge in [-0.25, -0.2) is 0 Å². The Bertz CT molecular complexity index is 951. The largest absolute Gasteiger partial charge is 0.457 e. The summed E-state index contributed by atoms with van der Waals surface area (Å²) in [5, 5.41) is 12.2. The predicted molar refractivity (Wildman–Crippen MR) is 120 cm³/mol. The summed E-state index contributed by atoms with van der Waals surface area (Å²) >= 11 is 0. The molecule has 1 saturated carbocycles. The number of benzene rings is 3. The Morgan fingerprint density at radius 3 is 1.94 bits per heavy atom. The summed E-state index contributed by atoms with van der Waals surface area (Å²) in [6, 6.07) is 31.2. The Hall–Kier alpha value is -1.73. The summed E-state index contributed by atoms with van der Waals surface area (Å²) in [6.07, 6.45) is 3.21. The number of hydrogen-bond donors (Lipinski definition) is 1. The number of rotatable bonds is 5. The van der Waals surface area contributed by atoms with Gasteiger partial charge in [-0.15, -0.1) is 12.6 Å². The van der Waals surface area contributed by atoms with Crippen molar-refractivity contribution in [2.75, 3.05) is 0 Å². The first-order valence-electron chi connectivity index (χ1n) is 11.0. The van der Waals surface area contributed by atoms with Gasteiger partial charge in [-0.3, -0.25) is 0 Å². The Morgan fingerprint density at radius 2 is 1.45 bits per heavy atom. The zero-order valence-electron chi connectivity index (χ0n) is 18.1. The third-order valence-electron chi connectivity index (χ3n) is 7.64. The van der Waals surface area contributed by atoms with Gasteiger partial charge in [0.2, 0.25) is 0 Å². The van der Waals surface area contributed by atoms with Crippen molar-refractivity contribution < 1.29 is 30.7 Å². The molecule has 1 N–H and O–H groups in total. The number of nitrogens with zero attached hydrogens (tertiary/aromatic N) is 1. The summed E-state index contributed by atoms with van der Waals surface area (Å²) < 4.78 is 0.854. The molecule has 2 nitrogen and oxygen atoms in total. The average molecular weight is 580 g/mol. The van der Waals surface area contributed by atoms with Crippen molar-refractivity contribution in [1.82, 2.24) is 0 Å². The molecule has 2 saturated heterocycles. The van der Waals surface area contributed by atoms with E-state index in [0.717, 1.165) is 35.0 Å². The molecular weight excluding hydrogens is 550 g/mol. The third-order valence-corrected chi connectivity index (χ3v) is 7.64. The van der Waals surface area contributed by atoms with Gasteiger partial charge < -0.3 is 9.59 Å². The van der Waals surface area contributed by atoms with Crippen molar-refractivity contribution in [2.24, 2.45) is 5.92 Å². The van der Waals surface area contributed by atoms with Crippen molar-refractivity contribution in [1.29, 1.82) is 0 Å². The zero-order chi connectivity index (χ0) is 20.8. The van der Waals surface area contributed by atoms with Crippen molar-refractivity contribution in [3.63, 3.8) is 0 Å². The number of quaternary nitrogens is 1. The molecule has 2 aliphatic heterocycles. The smallest absolute Gasteiger partial charge is 0.118 e. The number of fused-ring (bicyclic) bond motifs is 2. The van der Waals surface area contributed by atoms with Gasteiger partial charge in [0, 0.05) is 52.8 Å². The minimum atomic E-state index is -0.956. The van der Waals surface area contributed by atoms with E-state index in [1.165, 1.54) is 17.5 Å². The quantitative estimate of drug-likeness (QED) is 0.317. The van der Waals surface area contributed by atoms with Crippen LogP contribution in [0.4, 0.5) is 0 Å². The van der Waals surface area contributed by atoms with Crippen LogP contribution in [0.1, 0.15) is 41.5 Å². The average Bonchev–Trinajstić information content (AvgIpc) is 2.81. The standard InChI is InChI=1S/C28H30NO.W/c1-21-13-15-22(16-14-21)20-29(2)26-17-25(18-27(29)19-26)28(30,23-9-5-3-6-10-23)24-11-7-4-8-12-24;/h3-13,15-16,25-27,30H,2,17-20H2,1H3;/q-1;. The van der Waals surface area contributed by atoms with Gasteiger partial charge in [0.25, 0.3) is 0 Å². The first-order valence-corrected chi connectivity index (χ1v) is 11.0. The monoisotopic (exact) mass is 580 g/mol. The minimum absolute atomic E-state index is 0. The van der Waals surface area contributed by atoms with Gasteiger partial charge in [0.05, 0.1) is 12.1 Å². The molecule has 3 aromatic rings. The normalized spacial score (nSPS) is 27.1. The van der Waals surface area contributed by atoms with Crippen LogP contribution in [-0.4, -0.2) is 21.7 Å². The maximum absolute atomic E-state index is 12.2. The number of aryl methyl sites for hydroxylation is 1. The maximum atomic E-state index is 12.2. The van der Waals surface area contributed by atoms with Crippen LogP contribution in [0.25, 0.3) is 0 Å². The predicted octanol–water partition coefficient (Wildman–Crippen LogP) is 5.39. The van der Waals surface area contributed by atoms with Gasteiger partial charge in [-0.2, -0.15) is 29.8 Å². The Labute approximate surface area is 200 Å². The molecule has 3 aromatic carbocycles. The van der Waals surface area contributed by atoms with Crippen LogP contribution in [0.3, 0.4) is 0 Å². The first kappa shape index (κ1) is 22.5. The van der Waals surface area contributed by atoms with Gasteiger partial charge in [-0.1, -0.05) is 67.6 Å².